The van der Waals surface area contributed by atoms with Crippen molar-refractivity contribution in [3.63, 3.8) is 0 Å². The van der Waals surface area contributed by atoms with Crippen molar-refractivity contribution in [2.45, 2.75) is 33.3 Å². The Bertz CT molecular complexity index is 509. The Morgan fingerprint density at radius 3 is 2.84 bits per heavy atom. The lowest BCUT2D eigenvalue weighted by Crippen LogP contribution is -2.36. The molecular weight excluding hydrogens is 308 g/mol. The van der Waals surface area contributed by atoms with Crippen molar-refractivity contribution in [3.8, 4) is 5.88 Å². The molecule has 0 saturated heterocycles. The SMILES string of the molecule is C=C(OC(C)(C)C)N1CCOc2ncc(Br)c(C)c21. The molecule has 19 heavy (non-hydrogen) atoms. The maximum Gasteiger partial charge on any atom is 0.238 e. The number of rotatable bonds is 2. The number of pyridine rings is 1. The number of aromatic nitrogens is 1. The summed E-state index contributed by atoms with van der Waals surface area (Å²) in [5.41, 5.74) is 1.72. The maximum atomic E-state index is 5.86. The van der Waals surface area contributed by atoms with Crippen LogP contribution in [0.25, 0.3) is 0 Å². The highest BCUT2D eigenvalue weighted by molar-refractivity contribution is 9.10. The molecule has 0 atom stereocenters. The van der Waals surface area contributed by atoms with E-state index in [0.717, 1.165) is 15.7 Å². The number of hydrogen-bond donors (Lipinski definition) is 0. The Kier molecular flexibility index (Phi) is 3.76. The van der Waals surface area contributed by atoms with Gasteiger partial charge in [-0.15, -0.1) is 0 Å². The van der Waals surface area contributed by atoms with Crippen LogP contribution in [0.1, 0.15) is 26.3 Å². The lowest BCUT2D eigenvalue weighted by atomic mass is 10.2. The van der Waals surface area contributed by atoms with Gasteiger partial charge in [-0.2, -0.15) is 0 Å². The van der Waals surface area contributed by atoms with Gasteiger partial charge < -0.3 is 14.4 Å². The van der Waals surface area contributed by atoms with E-state index < -0.39 is 0 Å². The van der Waals surface area contributed by atoms with Crippen molar-refractivity contribution in [2.75, 3.05) is 18.1 Å². The van der Waals surface area contributed by atoms with Gasteiger partial charge in [0.1, 0.15) is 17.9 Å². The Labute approximate surface area is 122 Å². The molecule has 0 aliphatic carbocycles. The van der Waals surface area contributed by atoms with Crippen molar-refractivity contribution < 1.29 is 9.47 Å². The summed E-state index contributed by atoms with van der Waals surface area (Å²) in [7, 11) is 0. The fourth-order valence-electron chi connectivity index (χ4n) is 1.97. The zero-order valence-corrected chi connectivity index (χ0v) is 13.4. The molecule has 0 aromatic carbocycles. The van der Waals surface area contributed by atoms with Gasteiger partial charge in [0.25, 0.3) is 0 Å². The first-order chi connectivity index (χ1) is 8.79. The molecule has 1 aromatic heterocycles. The van der Waals surface area contributed by atoms with Crippen LogP contribution in [0, 0.1) is 6.92 Å². The molecule has 0 amide bonds. The number of fused-ring (bicyclic) bond motifs is 1. The first-order valence-corrected chi connectivity index (χ1v) is 7.02. The van der Waals surface area contributed by atoms with Crippen LogP contribution in [-0.2, 0) is 4.74 Å². The predicted molar refractivity (Wildman–Crippen MR) is 79.5 cm³/mol. The molecule has 0 fully saturated rings. The molecular formula is C14H19BrN2O2. The topological polar surface area (TPSA) is 34.6 Å². The Balaban J connectivity index is 2.37. The largest absolute Gasteiger partial charge is 0.474 e. The van der Waals surface area contributed by atoms with Crippen LogP contribution < -0.4 is 9.64 Å². The average molecular weight is 327 g/mol. The number of halogens is 1. The minimum Gasteiger partial charge on any atom is -0.474 e. The molecule has 2 heterocycles. The van der Waals surface area contributed by atoms with E-state index >= 15 is 0 Å². The van der Waals surface area contributed by atoms with Gasteiger partial charge in [-0.05, 0) is 55.8 Å². The first-order valence-electron chi connectivity index (χ1n) is 6.23. The smallest absolute Gasteiger partial charge is 0.238 e. The first kappa shape index (κ1) is 14.2. The molecule has 1 aliphatic heterocycles. The number of hydrogen-bond acceptors (Lipinski definition) is 4. The molecule has 5 heteroatoms. The summed E-state index contributed by atoms with van der Waals surface area (Å²) in [6, 6.07) is 0. The summed E-state index contributed by atoms with van der Waals surface area (Å²) in [5, 5.41) is 0. The number of ether oxygens (including phenoxy) is 2. The third-order valence-corrected chi connectivity index (χ3v) is 3.56. The van der Waals surface area contributed by atoms with Crippen LogP contribution in [0.2, 0.25) is 0 Å². The molecule has 0 unspecified atom stereocenters. The second kappa shape index (κ2) is 5.04. The molecule has 0 spiro atoms. The second-order valence-corrected chi connectivity index (χ2v) is 6.35. The third kappa shape index (κ3) is 3.03. The van der Waals surface area contributed by atoms with E-state index in [9.17, 15) is 0 Å². The van der Waals surface area contributed by atoms with Gasteiger partial charge in [-0.1, -0.05) is 0 Å². The van der Waals surface area contributed by atoms with Crippen LogP contribution in [0.3, 0.4) is 0 Å². The van der Waals surface area contributed by atoms with Gasteiger partial charge in [0.2, 0.25) is 5.88 Å². The second-order valence-electron chi connectivity index (χ2n) is 5.49. The highest BCUT2D eigenvalue weighted by Crippen LogP contribution is 2.38. The number of anilines is 1. The van der Waals surface area contributed by atoms with Crippen molar-refractivity contribution in [1.82, 2.24) is 4.98 Å². The fraction of sp³-hybridized carbons (Fsp3) is 0.500. The van der Waals surface area contributed by atoms with Crippen molar-refractivity contribution in [1.29, 1.82) is 0 Å². The van der Waals surface area contributed by atoms with Gasteiger partial charge in [0.05, 0.1) is 6.54 Å². The monoisotopic (exact) mass is 326 g/mol. The summed E-state index contributed by atoms with van der Waals surface area (Å²) in [6.07, 6.45) is 1.76. The van der Waals surface area contributed by atoms with Gasteiger partial charge in [-0.25, -0.2) is 4.98 Å². The van der Waals surface area contributed by atoms with E-state index in [1.807, 2.05) is 32.6 Å². The van der Waals surface area contributed by atoms with Crippen molar-refractivity contribution >= 4 is 21.6 Å². The average Bonchev–Trinajstić information content (AvgIpc) is 2.31. The number of nitrogens with zero attached hydrogens (tertiary/aromatic N) is 2. The van der Waals surface area contributed by atoms with Crippen molar-refractivity contribution in [2.24, 2.45) is 0 Å². The minimum absolute atomic E-state index is 0.275. The zero-order valence-electron chi connectivity index (χ0n) is 11.8. The molecule has 1 aromatic rings. The van der Waals surface area contributed by atoms with E-state index in [1.165, 1.54) is 0 Å². The quantitative estimate of drug-likeness (QED) is 0.777. The Hall–Kier alpha value is -1.23. The van der Waals surface area contributed by atoms with Gasteiger partial charge in [0, 0.05) is 10.7 Å². The summed E-state index contributed by atoms with van der Waals surface area (Å²) in [4.78, 5) is 6.33. The Morgan fingerprint density at radius 2 is 2.21 bits per heavy atom. The Morgan fingerprint density at radius 1 is 1.53 bits per heavy atom. The zero-order chi connectivity index (χ0) is 14.2. The van der Waals surface area contributed by atoms with Gasteiger partial charge in [-0.3, -0.25) is 0 Å². The lowest BCUT2D eigenvalue weighted by molar-refractivity contribution is 0.0472. The van der Waals surface area contributed by atoms with Crippen molar-refractivity contribution in [3.05, 3.63) is 28.7 Å². The van der Waals surface area contributed by atoms with Crippen LogP contribution in [0.15, 0.2) is 23.1 Å². The van der Waals surface area contributed by atoms with E-state index in [1.54, 1.807) is 6.20 Å². The highest BCUT2D eigenvalue weighted by atomic mass is 79.9. The van der Waals surface area contributed by atoms with E-state index in [-0.39, 0.29) is 5.60 Å². The van der Waals surface area contributed by atoms with Crippen LogP contribution in [0.4, 0.5) is 5.69 Å². The predicted octanol–water partition coefficient (Wildman–Crippen LogP) is 3.64. The van der Waals surface area contributed by atoms with Crippen LogP contribution >= 0.6 is 15.9 Å². The fourth-order valence-corrected chi connectivity index (χ4v) is 2.26. The summed E-state index contributed by atoms with van der Waals surface area (Å²) in [5.74, 6) is 1.26. The van der Waals surface area contributed by atoms with E-state index in [2.05, 4.69) is 27.5 Å². The molecule has 2 rings (SSSR count). The lowest BCUT2D eigenvalue weighted by Gasteiger charge is -2.35. The molecule has 0 N–H and O–H groups in total. The molecule has 0 saturated carbocycles. The normalized spacial score (nSPS) is 14.7. The third-order valence-electron chi connectivity index (χ3n) is 2.76. The van der Waals surface area contributed by atoms with E-state index in [0.29, 0.717) is 24.9 Å². The molecule has 0 bridgehead atoms. The summed E-state index contributed by atoms with van der Waals surface area (Å²) < 4.78 is 12.4. The summed E-state index contributed by atoms with van der Waals surface area (Å²) in [6.45, 7) is 13.4. The molecule has 1 aliphatic rings. The van der Waals surface area contributed by atoms with Gasteiger partial charge >= 0.3 is 0 Å². The molecule has 0 radical (unpaired) electrons. The van der Waals surface area contributed by atoms with Crippen LogP contribution in [0.5, 0.6) is 5.88 Å². The van der Waals surface area contributed by atoms with Crippen LogP contribution in [-0.4, -0.2) is 23.7 Å². The molecule has 104 valence electrons. The molecule has 4 nitrogen and oxygen atoms in total. The van der Waals surface area contributed by atoms with Gasteiger partial charge in [0.15, 0.2) is 5.88 Å². The summed E-state index contributed by atoms with van der Waals surface area (Å²) >= 11 is 3.50. The van der Waals surface area contributed by atoms with E-state index in [4.69, 9.17) is 9.47 Å². The standard InChI is InChI=1S/C14H19BrN2O2/c1-9-11(15)8-16-13-12(9)17(6-7-18-13)10(2)19-14(3,4)5/h8H,2,6-7H2,1,3-5H3. The highest BCUT2D eigenvalue weighted by Gasteiger charge is 2.27. The minimum atomic E-state index is -0.275. The maximum absolute atomic E-state index is 5.86.